The number of carboxylic acids is 1. The Morgan fingerprint density at radius 3 is 1.38 bits per heavy atom. The Kier molecular flexibility index (Phi) is 13.8. The molecule has 0 aromatic carbocycles. The molecule has 11 nitrogen and oxygen atoms in total. The quantitative estimate of drug-likeness (QED) is 0.269. The van der Waals surface area contributed by atoms with Crippen molar-refractivity contribution in [1.29, 1.82) is 0 Å². The van der Waals surface area contributed by atoms with E-state index in [2.05, 4.69) is 13.2 Å². The van der Waals surface area contributed by atoms with E-state index < -0.39 is 42.6 Å². The first-order valence-electron chi connectivity index (χ1n) is 8.40. The molecule has 0 aliphatic heterocycles. The second kappa shape index (κ2) is 14.1. The molecule has 0 saturated heterocycles. The van der Waals surface area contributed by atoms with Crippen LogP contribution < -0.4 is 0 Å². The predicted octanol–water partition coefficient (Wildman–Crippen LogP) is 0.267. The van der Waals surface area contributed by atoms with Crippen LogP contribution in [0, 0.1) is 5.41 Å². The van der Waals surface area contributed by atoms with Gasteiger partial charge in [-0.1, -0.05) is 13.2 Å². The molecule has 0 unspecified atom stereocenters. The Morgan fingerprint density at radius 2 is 1.21 bits per heavy atom. The number of carboxylic acid groups (broad SMARTS) is 2. The van der Waals surface area contributed by atoms with E-state index in [1.807, 2.05) is 0 Å². The number of ether oxygens (including phenoxy) is 2. The number of carbonyl (C=O) groups is 4. The lowest BCUT2D eigenvalue weighted by atomic mass is 9.94. The summed E-state index contributed by atoms with van der Waals surface area (Å²) in [6, 6.07) is 0. The molecular weight excluding hydrogens is 390 g/mol. The fourth-order valence-corrected chi connectivity index (χ4v) is 1.23. The van der Waals surface area contributed by atoms with E-state index in [1.165, 1.54) is 20.8 Å². The van der Waals surface area contributed by atoms with Crippen LogP contribution in [-0.4, -0.2) is 88.8 Å². The Hall–Kier alpha value is -2.92. The molecule has 0 heterocycles. The van der Waals surface area contributed by atoms with E-state index in [-0.39, 0.29) is 37.4 Å². The minimum Gasteiger partial charge on any atom is -0.481 e. The maximum absolute atomic E-state index is 11.1. The maximum atomic E-state index is 11.1. The highest BCUT2D eigenvalue weighted by molar-refractivity contribution is 5.87. The fourth-order valence-electron chi connectivity index (χ4n) is 1.23. The van der Waals surface area contributed by atoms with Crippen molar-refractivity contribution in [2.75, 3.05) is 39.5 Å². The molecule has 0 atom stereocenters. The van der Waals surface area contributed by atoms with Crippen LogP contribution in [0.1, 0.15) is 20.8 Å². The van der Waals surface area contributed by atoms with E-state index in [1.54, 1.807) is 0 Å². The summed E-state index contributed by atoms with van der Waals surface area (Å²) in [5.41, 5.74) is -0.912. The Bertz CT molecular complexity index is 578. The number of hydrogen-bond donors (Lipinski definition) is 4. The molecule has 0 bridgehead atoms. The molecule has 0 aromatic heterocycles. The average Bonchev–Trinajstić information content (AvgIpc) is 2.65. The van der Waals surface area contributed by atoms with E-state index >= 15 is 0 Å². The number of nitrogens with zero attached hydrogens (tertiary/aromatic N) is 1. The molecule has 0 spiro atoms. The summed E-state index contributed by atoms with van der Waals surface area (Å²) in [6.45, 7) is 9.77. The molecule has 0 rings (SSSR count). The normalized spacial score (nSPS) is 10.1. The van der Waals surface area contributed by atoms with Crippen molar-refractivity contribution in [3.05, 3.63) is 24.3 Å². The van der Waals surface area contributed by atoms with Crippen LogP contribution in [0.5, 0.6) is 0 Å². The number of esters is 2. The van der Waals surface area contributed by atoms with Gasteiger partial charge in [0.05, 0.1) is 26.3 Å². The first-order chi connectivity index (χ1) is 13.3. The zero-order chi connectivity index (χ0) is 23.2. The van der Waals surface area contributed by atoms with Gasteiger partial charge in [-0.3, -0.25) is 4.79 Å². The summed E-state index contributed by atoms with van der Waals surface area (Å²) in [5, 5.41) is 34.1. The first kappa shape index (κ1) is 28.3. The summed E-state index contributed by atoms with van der Waals surface area (Å²) >= 11 is 0. The lowest BCUT2D eigenvalue weighted by molar-refractivity contribution is -0.153. The molecule has 29 heavy (non-hydrogen) atoms. The maximum Gasteiger partial charge on any atom is 0.407 e. The number of hydrogen-bond acceptors (Lipinski definition) is 8. The van der Waals surface area contributed by atoms with Crippen molar-refractivity contribution >= 4 is 24.0 Å². The lowest BCUT2D eigenvalue weighted by Crippen LogP contribution is -2.36. The van der Waals surface area contributed by atoms with E-state index in [4.69, 9.17) is 29.9 Å². The second-order valence-electron chi connectivity index (χ2n) is 6.28. The zero-order valence-electron chi connectivity index (χ0n) is 16.8. The van der Waals surface area contributed by atoms with Crippen LogP contribution in [0.15, 0.2) is 24.3 Å². The highest BCUT2D eigenvalue weighted by Gasteiger charge is 2.31. The van der Waals surface area contributed by atoms with Gasteiger partial charge in [0.2, 0.25) is 0 Å². The number of rotatable bonds is 11. The first-order valence-corrected chi connectivity index (χ1v) is 8.40. The second-order valence-corrected chi connectivity index (χ2v) is 6.28. The molecule has 0 saturated carbocycles. The largest absolute Gasteiger partial charge is 0.481 e. The van der Waals surface area contributed by atoms with Crippen molar-refractivity contribution < 1.29 is 49.1 Å². The van der Waals surface area contributed by atoms with Crippen LogP contribution in [0.25, 0.3) is 0 Å². The van der Waals surface area contributed by atoms with Crippen molar-refractivity contribution in [2.45, 2.75) is 20.8 Å². The van der Waals surface area contributed by atoms with Crippen molar-refractivity contribution in [1.82, 2.24) is 4.90 Å². The summed E-state index contributed by atoms with van der Waals surface area (Å²) in [4.78, 5) is 44.3. The molecule has 11 heteroatoms. The van der Waals surface area contributed by atoms with Crippen LogP contribution in [0.3, 0.4) is 0 Å². The third kappa shape index (κ3) is 12.2. The van der Waals surface area contributed by atoms with Gasteiger partial charge < -0.3 is 34.8 Å². The van der Waals surface area contributed by atoms with Crippen LogP contribution in [0.2, 0.25) is 0 Å². The molecule has 0 fully saturated rings. The Morgan fingerprint density at radius 1 is 0.862 bits per heavy atom. The molecule has 0 aliphatic carbocycles. The van der Waals surface area contributed by atoms with Gasteiger partial charge in [0.25, 0.3) is 0 Å². The van der Waals surface area contributed by atoms with Crippen LogP contribution in [-0.2, 0) is 23.9 Å². The van der Waals surface area contributed by atoms with Gasteiger partial charge in [-0.25, -0.2) is 14.4 Å². The van der Waals surface area contributed by atoms with Gasteiger partial charge in [0.1, 0.15) is 18.6 Å². The predicted molar refractivity (Wildman–Crippen MR) is 101 cm³/mol. The summed E-state index contributed by atoms with van der Waals surface area (Å²) in [6.07, 6.45) is -1.19. The summed E-state index contributed by atoms with van der Waals surface area (Å²) in [7, 11) is 0. The Balaban J connectivity index is 0. The highest BCUT2D eigenvalue weighted by atomic mass is 16.5. The van der Waals surface area contributed by atoms with Gasteiger partial charge in [-0.05, 0) is 20.8 Å². The van der Waals surface area contributed by atoms with Crippen molar-refractivity contribution in [2.24, 2.45) is 5.41 Å². The van der Waals surface area contributed by atoms with Gasteiger partial charge in [-0.2, -0.15) is 0 Å². The van der Waals surface area contributed by atoms with Gasteiger partial charge in [0, 0.05) is 11.1 Å². The smallest absolute Gasteiger partial charge is 0.407 e. The molecule has 0 aliphatic rings. The van der Waals surface area contributed by atoms with Gasteiger partial charge in [0.15, 0.2) is 0 Å². The zero-order valence-corrected chi connectivity index (χ0v) is 16.8. The van der Waals surface area contributed by atoms with Crippen LogP contribution >= 0.6 is 0 Å². The Labute approximate surface area is 168 Å². The number of aliphatic carboxylic acids is 1. The minimum atomic E-state index is -1.39. The lowest BCUT2D eigenvalue weighted by Gasteiger charge is -2.18. The molecule has 0 radical (unpaired) electrons. The van der Waals surface area contributed by atoms with E-state index in [9.17, 15) is 19.2 Å². The summed E-state index contributed by atoms with van der Waals surface area (Å²) in [5.74, 6) is -2.35. The van der Waals surface area contributed by atoms with E-state index in [0.717, 1.165) is 4.90 Å². The van der Waals surface area contributed by atoms with Gasteiger partial charge >= 0.3 is 24.0 Å². The van der Waals surface area contributed by atoms with Gasteiger partial charge in [-0.15, -0.1) is 0 Å². The minimum absolute atomic E-state index is 0.0149. The fraction of sp³-hybridized carbons (Fsp3) is 0.556. The molecular formula is C18H29NO10. The molecule has 0 aromatic rings. The molecule has 4 N–H and O–H groups in total. The van der Waals surface area contributed by atoms with Crippen molar-refractivity contribution in [3.63, 3.8) is 0 Å². The third-order valence-corrected chi connectivity index (χ3v) is 3.37. The third-order valence-electron chi connectivity index (χ3n) is 3.37. The standard InChI is InChI=1S/C13H19NO6.C5H10O4/c1-9(2)11(15)19-7-5-14(13(17)18)6-8-20-12(16)10(3)4;1-5(2-6,3-7)4(8)9/h1,3,5-8H2,2,4H3,(H,17,18);6-7H,2-3H2,1H3,(H,8,9). The van der Waals surface area contributed by atoms with E-state index in [0.29, 0.717) is 0 Å². The molecule has 166 valence electrons. The monoisotopic (exact) mass is 419 g/mol. The number of aliphatic hydroxyl groups is 2. The van der Waals surface area contributed by atoms with Crippen LogP contribution in [0.4, 0.5) is 4.79 Å². The molecule has 1 amide bonds. The highest BCUT2D eigenvalue weighted by Crippen LogP contribution is 2.12. The topological polar surface area (TPSA) is 171 Å². The average molecular weight is 419 g/mol. The summed E-state index contributed by atoms with van der Waals surface area (Å²) < 4.78 is 9.57. The number of carbonyl (C=O) groups excluding carboxylic acids is 2. The number of aliphatic hydroxyl groups excluding tert-OH is 2. The number of amides is 1. The van der Waals surface area contributed by atoms with Crippen molar-refractivity contribution in [3.8, 4) is 0 Å². The SMILES string of the molecule is C=C(C)C(=O)OCCN(CCOC(=O)C(=C)C)C(=O)O.CC(CO)(CO)C(=O)O.